The maximum Gasteiger partial charge on any atom is 0.257 e. The minimum Gasteiger partial charge on any atom is -0.382 e. The zero-order chi connectivity index (χ0) is 12.3. The van der Waals surface area contributed by atoms with Crippen molar-refractivity contribution in [2.24, 2.45) is 0 Å². The summed E-state index contributed by atoms with van der Waals surface area (Å²) in [6, 6.07) is 0. The highest BCUT2D eigenvalue weighted by Crippen LogP contribution is 2.30. The minimum atomic E-state index is -0.184. The van der Waals surface area contributed by atoms with Crippen LogP contribution in [0.3, 0.4) is 0 Å². The van der Waals surface area contributed by atoms with Crippen molar-refractivity contribution in [1.82, 2.24) is 9.69 Å². The van der Waals surface area contributed by atoms with Crippen molar-refractivity contribution in [2.45, 2.75) is 6.42 Å². The Labute approximate surface area is 104 Å². The van der Waals surface area contributed by atoms with E-state index in [9.17, 15) is 4.79 Å². The molecule has 0 aromatic carbocycles. The number of carbonyl (C=O) groups is 1. The summed E-state index contributed by atoms with van der Waals surface area (Å²) in [5, 5.41) is 3.43. The van der Waals surface area contributed by atoms with E-state index in [-0.39, 0.29) is 5.91 Å². The van der Waals surface area contributed by atoms with Gasteiger partial charge in [-0.2, -0.15) is 4.37 Å². The lowest BCUT2D eigenvalue weighted by molar-refractivity contribution is 0.0964. The van der Waals surface area contributed by atoms with Crippen LogP contribution >= 0.6 is 11.5 Å². The van der Waals surface area contributed by atoms with Gasteiger partial charge < -0.3 is 20.7 Å². The Morgan fingerprint density at radius 1 is 1.53 bits per heavy atom. The van der Waals surface area contributed by atoms with Gasteiger partial charge in [0.05, 0.1) is 6.61 Å². The number of nitrogens with two attached hydrogens (primary N) is 1. The van der Waals surface area contributed by atoms with Crippen LogP contribution in [0.4, 0.5) is 10.8 Å². The van der Waals surface area contributed by atoms with Crippen molar-refractivity contribution >= 4 is 28.3 Å². The maximum atomic E-state index is 11.8. The van der Waals surface area contributed by atoms with Gasteiger partial charge in [-0.3, -0.25) is 4.79 Å². The van der Waals surface area contributed by atoms with Crippen LogP contribution < -0.4 is 16.0 Å². The standard InChI is InChI=1S/C10H16N4O2S/c1-12-9(15)7-8(11)13-17-10(7)14-3-2-5-16-6-4-14/h2-6H2,1H3,(H2,11,13)(H,12,15). The molecular weight excluding hydrogens is 240 g/mol. The average Bonchev–Trinajstić information content (AvgIpc) is 2.57. The molecule has 7 heteroatoms. The molecular formula is C10H16N4O2S. The van der Waals surface area contributed by atoms with E-state index in [1.807, 2.05) is 0 Å². The molecule has 6 nitrogen and oxygen atoms in total. The third kappa shape index (κ3) is 2.50. The Hall–Kier alpha value is -1.34. The predicted octanol–water partition coefficient (Wildman–Crippen LogP) is 0.312. The molecule has 0 unspecified atom stereocenters. The van der Waals surface area contributed by atoms with Crippen molar-refractivity contribution in [2.75, 3.05) is 44.0 Å². The highest BCUT2D eigenvalue weighted by molar-refractivity contribution is 7.11. The van der Waals surface area contributed by atoms with Gasteiger partial charge in [-0.1, -0.05) is 0 Å². The first-order valence-corrected chi connectivity index (χ1v) is 6.31. The summed E-state index contributed by atoms with van der Waals surface area (Å²) in [6.45, 7) is 3.07. The summed E-state index contributed by atoms with van der Waals surface area (Å²) < 4.78 is 9.46. The van der Waals surface area contributed by atoms with Gasteiger partial charge in [0.25, 0.3) is 5.91 Å². The van der Waals surface area contributed by atoms with E-state index in [0.29, 0.717) is 18.0 Å². The molecule has 0 spiro atoms. The molecule has 3 N–H and O–H groups in total. The van der Waals surface area contributed by atoms with Gasteiger partial charge in [-0.05, 0) is 18.0 Å². The topological polar surface area (TPSA) is 80.5 Å². The monoisotopic (exact) mass is 256 g/mol. The molecule has 0 bridgehead atoms. The second-order valence-corrected chi connectivity index (χ2v) is 4.53. The molecule has 2 heterocycles. The van der Waals surface area contributed by atoms with Crippen LogP contribution in [-0.2, 0) is 4.74 Å². The molecule has 0 aliphatic carbocycles. The highest BCUT2D eigenvalue weighted by Gasteiger charge is 2.23. The van der Waals surface area contributed by atoms with Crippen molar-refractivity contribution in [1.29, 1.82) is 0 Å². The van der Waals surface area contributed by atoms with E-state index < -0.39 is 0 Å². The molecule has 0 atom stereocenters. The van der Waals surface area contributed by atoms with Crippen LogP contribution in [0.15, 0.2) is 0 Å². The molecule has 17 heavy (non-hydrogen) atoms. The number of rotatable bonds is 2. The lowest BCUT2D eigenvalue weighted by Gasteiger charge is -2.20. The molecule has 1 aromatic rings. The van der Waals surface area contributed by atoms with Crippen LogP contribution in [0.25, 0.3) is 0 Å². The third-order valence-electron chi connectivity index (χ3n) is 2.66. The fourth-order valence-electron chi connectivity index (χ4n) is 1.80. The van der Waals surface area contributed by atoms with Crippen molar-refractivity contribution in [3.8, 4) is 0 Å². The van der Waals surface area contributed by atoms with Gasteiger partial charge >= 0.3 is 0 Å². The fourth-order valence-corrected chi connectivity index (χ4v) is 2.66. The highest BCUT2D eigenvalue weighted by atomic mass is 32.1. The SMILES string of the molecule is CNC(=O)c1c(N)nsc1N1CCCOCC1. The number of hydrogen-bond donors (Lipinski definition) is 2. The maximum absolute atomic E-state index is 11.8. The molecule has 1 fully saturated rings. The number of carbonyl (C=O) groups excluding carboxylic acids is 1. The molecule has 1 aromatic heterocycles. The first-order chi connectivity index (χ1) is 8.24. The Kier molecular flexibility index (Phi) is 3.80. The summed E-state index contributed by atoms with van der Waals surface area (Å²) in [7, 11) is 1.59. The molecule has 0 radical (unpaired) electrons. The van der Waals surface area contributed by atoms with Crippen LogP contribution in [0.5, 0.6) is 0 Å². The summed E-state index contributed by atoms with van der Waals surface area (Å²) in [6.07, 6.45) is 0.949. The van der Waals surface area contributed by atoms with E-state index in [1.54, 1.807) is 7.05 Å². The number of nitrogens with zero attached hydrogens (tertiary/aromatic N) is 2. The van der Waals surface area contributed by atoms with Crippen LogP contribution in [0.1, 0.15) is 16.8 Å². The van der Waals surface area contributed by atoms with Crippen LogP contribution in [-0.4, -0.2) is 43.6 Å². The third-order valence-corrected chi connectivity index (χ3v) is 3.59. The van der Waals surface area contributed by atoms with E-state index in [0.717, 1.165) is 31.1 Å². The van der Waals surface area contributed by atoms with Gasteiger partial charge in [-0.15, -0.1) is 0 Å². The zero-order valence-corrected chi connectivity index (χ0v) is 10.5. The van der Waals surface area contributed by atoms with Crippen LogP contribution in [0, 0.1) is 0 Å². The Morgan fingerprint density at radius 2 is 2.35 bits per heavy atom. The Bertz CT molecular complexity index is 399. The lowest BCUT2D eigenvalue weighted by Crippen LogP contribution is -2.28. The minimum absolute atomic E-state index is 0.184. The van der Waals surface area contributed by atoms with Crippen LogP contribution in [0.2, 0.25) is 0 Å². The van der Waals surface area contributed by atoms with Gasteiger partial charge in [0.1, 0.15) is 10.6 Å². The van der Waals surface area contributed by atoms with Gasteiger partial charge in [-0.25, -0.2) is 0 Å². The Balaban J connectivity index is 2.27. The molecule has 1 aliphatic heterocycles. The van der Waals surface area contributed by atoms with Crippen molar-refractivity contribution < 1.29 is 9.53 Å². The molecule has 0 saturated carbocycles. The number of nitrogens with one attached hydrogen (secondary N) is 1. The fraction of sp³-hybridized carbons (Fsp3) is 0.600. The van der Waals surface area contributed by atoms with Gasteiger partial charge in [0, 0.05) is 26.7 Å². The second-order valence-electron chi connectivity index (χ2n) is 3.78. The van der Waals surface area contributed by atoms with E-state index in [4.69, 9.17) is 10.5 Å². The zero-order valence-electron chi connectivity index (χ0n) is 9.73. The van der Waals surface area contributed by atoms with E-state index >= 15 is 0 Å². The number of aromatic nitrogens is 1. The molecule has 1 aliphatic rings. The molecule has 1 amide bonds. The van der Waals surface area contributed by atoms with E-state index in [2.05, 4.69) is 14.6 Å². The Morgan fingerprint density at radius 3 is 3.12 bits per heavy atom. The number of anilines is 2. The summed E-state index contributed by atoms with van der Waals surface area (Å²) in [4.78, 5) is 13.9. The van der Waals surface area contributed by atoms with Gasteiger partial charge in [0.15, 0.2) is 5.82 Å². The number of amides is 1. The molecule has 94 valence electrons. The smallest absolute Gasteiger partial charge is 0.257 e. The normalized spacial score (nSPS) is 16.6. The second kappa shape index (κ2) is 5.33. The van der Waals surface area contributed by atoms with Gasteiger partial charge in [0.2, 0.25) is 0 Å². The molecule has 1 saturated heterocycles. The number of hydrogen-bond acceptors (Lipinski definition) is 6. The predicted molar refractivity (Wildman–Crippen MR) is 67.6 cm³/mol. The lowest BCUT2D eigenvalue weighted by atomic mass is 10.2. The van der Waals surface area contributed by atoms with E-state index in [1.165, 1.54) is 11.5 Å². The average molecular weight is 256 g/mol. The molecule has 2 rings (SSSR count). The largest absolute Gasteiger partial charge is 0.382 e. The number of ether oxygens (including phenoxy) is 1. The summed E-state index contributed by atoms with van der Waals surface area (Å²) >= 11 is 1.27. The first kappa shape index (κ1) is 12.1. The van der Waals surface area contributed by atoms with Crippen molar-refractivity contribution in [3.05, 3.63) is 5.56 Å². The quantitative estimate of drug-likeness (QED) is 0.796. The first-order valence-electron chi connectivity index (χ1n) is 5.54. The summed E-state index contributed by atoms with van der Waals surface area (Å²) in [5.41, 5.74) is 6.23. The number of nitrogen functional groups attached to an aromatic ring is 1. The summed E-state index contributed by atoms with van der Waals surface area (Å²) in [5.74, 6) is 0.117. The van der Waals surface area contributed by atoms with Crippen molar-refractivity contribution in [3.63, 3.8) is 0 Å².